The van der Waals surface area contributed by atoms with E-state index in [-0.39, 0.29) is 18.2 Å². The number of benzene rings is 2. The monoisotopic (exact) mass is 255 g/mol. The number of hydrogen-bond donors (Lipinski definition) is 0. The molecule has 0 aromatic heterocycles. The number of halogens is 1. The first kappa shape index (κ1) is 13.1. The second kappa shape index (κ2) is 5.53. The van der Waals surface area contributed by atoms with Gasteiger partial charge in [-0.15, -0.1) is 0 Å². The second-order valence-electron chi connectivity index (χ2n) is 4.48. The Morgan fingerprint density at radius 3 is 2.63 bits per heavy atom. The summed E-state index contributed by atoms with van der Waals surface area (Å²) in [6, 6.07) is 12.2. The van der Waals surface area contributed by atoms with Crippen LogP contribution in [-0.4, -0.2) is 0 Å². The van der Waals surface area contributed by atoms with Crippen molar-refractivity contribution in [2.45, 2.75) is 20.5 Å². The highest BCUT2D eigenvalue weighted by Crippen LogP contribution is 2.20. The number of hydrogen-bond acceptors (Lipinski definition) is 2. The van der Waals surface area contributed by atoms with Gasteiger partial charge in [0.2, 0.25) is 0 Å². The molecule has 2 aromatic rings. The molecule has 0 atom stereocenters. The van der Waals surface area contributed by atoms with Crippen LogP contribution < -0.4 is 4.74 Å². The van der Waals surface area contributed by atoms with E-state index in [0.29, 0.717) is 5.56 Å². The van der Waals surface area contributed by atoms with Crippen LogP contribution >= 0.6 is 0 Å². The van der Waals surface area contributed by atoms with Crippen molar-refractivity contribution in [3.63, 3.8) is 0 Å². The summed E-state index contributed by atoms with van der Waals surface area (Å²) < 4.78 is 19.0. The van der Waals surface area contributed by atoms with Gasteiger partial charge in [-0.25, -0.2) is 4.39 Å². The van der Waals surface area contributed by atoms with Gasteiger partial charge in [-0.1, -0.05) is 12.1 Å². The highest BCUT2D eigenvalue weighted by molar-refractivity contribution is 5.37. The minimum Gasteiger partial charge on any atom is -0.486 e. The Labute approximate surface area is 112 Å². The summed E-state index contributed by atoms with van der Waals surface area (Å²) in [5.41, 5.74) is 3.47. The number of rotatable bonds is 3. The highest BCUT2D eigenvalue weighted by Gasteiger charge is 2.05. The van der Waals surface area contributed by atoms with E-state index in [1.54, 1.807) is 24.3 Å². The Bertz CT molecular complexity index is 644. The Morgan fingerprint density at radius 2 is 1.95 bits per heavy atom. The van der Waals surface area contributed by atoms with Crippen molar-refractivity contribution in [2.24, 2.45) is 0 Å². The normalized spacial score (nSPS) is 10.0. The molecule has 3 heteroatoms. The first-order valence-corrected chi connectivity index (χ1v) is 5.99. The summed E-state index contributed by atoms with van der Waals surface area (Å²) in [5.74, 6) is -0.111. The van der Waals surface area contributed by atoms with Gasteiger partial charge >= 0.3 is 0 Å². The van der Waals surface area contributed by atoms with Crippen LogP contribution in [0, 0.1) is 31.0 Å². The quantitative estimate of drug-likeness (QED) is 0.833. The van der Waals surface area contributed by atoms with Crippen LogP contribution in [0.3, 0.4) is 0 Å². The molecule has 0 aliphatic heterocycles. The SMILES string of the molecule is Cc1ccc(F)c(OCc2ccc(C#N)cc2C)c1. The molecule has 0 aliphatic rings. The van der Waals surface area contributed by atoms with Crippen LogP contribution in [0.1, 0.15) is 22.3 Å². The summed E-state index contributed by atoms with van der Waals surface area (Å²) in [6.07, 6.45) is 0. The Morgan fingerprint density at radius 1 is 1.16 bits per heavy atom. The first-order valence-electron chi connectivity index (χ1n) is 5.99. The second-order valence-corrected chi connectivity index (χ2v) is 4.48. The van der Waals surface area contributed by atoms with Crippen molar-refractivity contribution in [1.29, 1.82) is 5.26 Å². The van der Waals surface area contributed by atoms with E-state index < -0.39 is 0 Å². The van der Waals surface area contributed by atoms with Crippen molar-refractivity contribution in [3.05, 3.63) is 64.5 Å². The molecule has 0 unspecified atom stereocenters. The fraction of sp³-hybridized carbons (Fsp3) is 0.188. The molecular weight excluding hydrogens is 241 g/mol. The third kappa shape index (κ3) is 3.11. The van der Waals surface area contributed by atoms with Gasteiger partial charge < -0.3 is 4.74 Å². The van der Waals surface area contributed by atoms with Gasteiger partial charge in [0.05, 0.1) is 11.6 Å². The standard InChI is InChI=1S/C16H14FNO/c1-11-3-6-15(17)16(7-11)19-10-14-5-4-13(9-18)8-12(14)2/h3-8H,10H2,1-2H3. The molecule has 0 spiro atoms. The van der Waals surface area contributed by atoms with Crippen LogP contribution in [0.15, 0.2) is 36.4 Å². The van der Waals surface area contributed by atoms with Crippen LogP contribution in [0.2, 0.25) is 0 Å². The van der Waals surface area contributed by atoms with Gasteiger partial charge in [0.25, 0.3) is 0 Å². The molecule has 0 amide bonds. The van der Waals surface area contributed by atoms with E-state index in [1.165, 1.54) is 6.07 Å². The Hall–Kier alpha value is -2.34. The van der Waals surface area contributed by atoms with Crippen LogP contribution in [0.25, 0.3) is 0 Å². The molecule has 2 aromatic carbocycles. The summed E-state index contributed by atoms with van der Waals surface area (Å²) in [5, 5.41) is 8.80. The lowest BCUT2D eigenvalue weighted by molar-refractivity contribution is 0.289. The van der Waals surface area contributed by atoms with Gasteiger partial charge in [-0.3, -0.25) is 0 Å². The minimum absolute atomic E-state index is 0.253. The third-order valence-corrected chi connectivity index (χ3v) is 2.94. The zero-order valence-electron chi connectivity index (χ0n) is 10.9. The molecule has 0 aliphatic carbocycles. The van der Waals surface area contributed by atoms with Crippen LogP contribution in [0.4, 0.5) is 4.39 Å². The average molecular weight is 255 g/mol. The zero-order chi connectivity index (χ0) is 13.8. The van der Waals surface area contributed by atoms with Crippen LogP contribution in [-0.2, 0) is 6.61 Å². The third-order valence-electron chi connectivity index (χ3n) is 2.94. The van der Waals surface area contributed by atoms with Gasteiger partial charge in [0, 0.05) is 0 Å². The number of ether oxygens (including phenoxy) is 1. The van der Waals surface area contributed by atoms with Gasteiger partial charge in [0.1, 0.15) is 6.61 Å². The molecule has 0 heterocycles. The molecule has 0 bridgehead atoms. The molecule has 19 heavy (non-hydrogen) atoms. The summed E-state index contributed by atoms with van der Waals surface area (Å²) in [7, 11) is 0. The van der Waals surface area contributed by atoms with E-state index in [4.69, 9.17) is 10.00 Å². The molecule has 0 N–H and O–H groups in total. The summed E-state index contributed by atoms with van der Waals surface area (Å²) in [4.78, 5) is 0. The van der Waals surface area contributed by atoms with E-state index in [1.807, 2.05) is 19.9 Å². The number of nitriles is 1. The van der Waals surface area contributed by atoms with E-state index in [2.05, 4.69) is 6.07 Å². The van der Waals surface area contributed by atoms with Gasteiger partial charge in [-0.2, -0.15) is 5.26 Å². The number of aryl methyl sites for hydroxylation is 2. The topological polar surface area (TPSA) is 33.0 Å². The zero-order valence-corrected chi connectivity index (χ0v) is 10.9. The predicted octanol–water partition coefficient (Wildman–Crippen LogP) is 3.89. The molecule has 0 saturated carbocycles. The largest absolute Gasteiger partial charge is 0.486 e. The molecule has 0 fully saturated rings. The highest BCUT2D eigenvalue weighted by atomic mass is 19.1. The molecular formula is C16H14FNO. The van der Waals surface area contributed by atoms with Crippen molar-refractivity contribution in [2.75, 3.05) is 0 Å². The van der Waals surface area contributed by atoms with Gasteiger partial charge in [-0.05, 0) is 54.8 Å². The number of nitrogens with zero attached hydrogens (tertiary/aromatic N) is 1. The molecule has 0 saturated heterocycles. The summed E-state index contributed by atoms with van der Waals surface area (Å²) >= 11 is 0. The maximum absolute atomic E-state index is 13.5. The van der Waals surface area contributed by atoms with Crippen molar-refractivity contribution in [1.82, 2.24) is 0 Å². The lowest BCUT2D eigenvalue weighted by atomic mass is 10.1. The lowest BCUT2D eigenvalue weighted by Crippen LogP contribution is -2.00. The molecule has 2 nitrogen and oxygen atoms in total. The molecule has 2 rings (SSSR count). The van der Waals surface area contributed by atoms with Crippen molar-refractivity contribution >= 4 is 0 Å². The van der Waals surface area contributed by atoms with E-state index in [9.17, 15) is 4.39 Å². The lowest BCUT2D eigenvalue weighted by Gasteiger charge is -2.10. The minimum atomic E-state index is -0.364. The summed E-state index contributed by atoms with van der Waals surface area (Å²) in [6.45, 7) is 4.09. The Kier molecular flexibility index (Phi) is 3.82. The molecule has 0 radical (unpaired) electrons. The first-order chi connectivity index (χ1) is 9.10. The van der Waals surface area contributed by atoms with Crippen molar-refractivity contribution < 1.29 is 9.13 Å². The maximum Gasteiger partial charge on any atom is 0.165 e. The van der Waals surface area contributed by atoms with E-state index in [0.717, 1.165) is 16.7 Å². The average Bonchev–Trinajstić information content (AvgIpc) is 2.40. The smallest absolute Gasteiger partial charge is 0.165 e. The van der Waals surface area contributed by atoms with Gasteiger partial charge in [0.15, 0.2) is 11.6 Å². The Balaban J connectivity index is 2.15. The van der Waals surface area contributed by atoms with E-state index >= 15 is 0 Å². The predicted molar refractivity (Wildman–Crippen MR) is 71.4 cm³/mol. The fourth-order valence-corrected chi connectivity index (χ4v) is 1.80. The fourth-order valence-electron chi connectivity index (χ4n) is 1.80. The van der Waals surface area contributed by atoms with Crippen LogP contribution in [0.5, 0.6) is 5.75 Å². The molecule has 96 valence electrons. The maximum atomic E-state index is 13.5. The van der Waals surface area contributed by atoms with Crippen molar-refractivity contribution in [3.8, 4) is 11.8 Å².